The highest BCUT2D eigenvalue weighted by Gasteiger charge is 2.41. The summed E-state index contributed by atoms with van der Waals surface area (Å²) in [5.74, 6) is 0.585. The average molecular weight is 314 g/mol. The molecular formula is C14H22N2O2S2. The minimum absolute atomic E-state index is 0.244. The minimum Gasteiger partial charge on any atom is -0.330 e. The van der Waals surface area contributed by atoms with Crippen LogP contribution in [0.15, 0.2) is 16.3 Å². The van der Waals surface area contributed by atoms with Crippen LogP contribution in [0.1, 0.15) is 37.0 Å². The van der Waals surface area contributed by atoms with E-state index in [1.807, 2.05) is 6.07 Å². The Morgan fingerprint density at radius 2 is 2.05 bits per heavy atom. The quantitative estimate of drug-likeness (QED) is 0.926. The molecule has 1 aromatic rings. The molecule has 3 rings (SSSR count). The fourth-order valence-electron chi connectivity index (χ4n) is 3.60. The zero-order valence-electron chi connectivity index (χ0n) is 11.6. The third-order valence-corrected chi connectivity index (χ3v) is 8.07. The lowest BCUT2D eigenvalue weighted by atomic mass is 9.94. The second-order valence-corrected chi connectivity index (χ2v) is 9.06. The van der Waals surface area contributed by atoms with E-state index in [1.54, 1.807) is 10.4 Å². The molecule has 0 amide bonds. The van der Waals surface area contributed by atoms with Crippen LogP contribution in [0.5, 0.6) is 0 Å². The number of sulfonamides is 1. The van der Waals surface area contributed by atoms with Crippen LogP contribution in [0, 0.1) is 5.92 Å². The normalized spacial score (nSPS) is 27.6. The molecule has 6 heteroatoms. The zero-order chi connectivity index (χ0) is 14.2. The molecule has 4 nitrogen and oxygen atoms in total. The maximum absolute atomic E-state index is 12.9. The molecular weight excluding hydrogens is 292 g/mol. The predicted octanol–water partition coefficient (Wildman–Crippen LogP) is 2.20. The SMILES string of the molecule is NCCc1ccc(S(=O)(=O)N2CCCC3CCCC32)s1. The lowest BCUT2D eigenvalue weighted by molar-refractivity contribution is 0.202. The highest BCUT2D eigenvalue weighted by Crippen LogP contribution is 2.40. The summed E-state index contributed by atoms with van der Waals surface area (Å²) in [5.41, 5.74) is 5.54. The summed E-state index contributed by atoms with van der Waals surface area (Å²) in [7, 11) is -3.30. The topological polar surface area (TPSA) is 63.4 Å². The zero-order valence-corrected chi connectivity index (χ0v) is 13.3. The van der Waals surface area contributed by atoms with Gasteiger partial charge < -0.3 is 5.73 Å². The number of hydrogen-bond donors (Lipinski definition) is 1. The predicted molar refractivity (Wildman–Crippen MR) is 81.3 cm³/mol. The lowest BCUT2D eigenvalue weighted by Gasteiger charge is -2.36. The van der Waals surface area contributed by atoms with Gasteiger partial charge in [-0.15, -0.1) is 11.3 Å². The molecule has 1 saturated heterocycles. The first-order chi connectivity index (χ1) is 9.63. The van der Waals surface area contributed by atoms with Gasteiger partial charge in [-0.1, -0.05) is 6.42 Å². The maximum Gasteiger partial charge on any atom is 0.252 e. The Hall–Kier alpha value is -0.430. The van der Waals surface area contributed by atoms with Crippen LogP contribution in [0.4, 0.5) is 0 Å². The first-order valence-electron chi connectivity index (χ1n) is 7.43. The Balaban J connectivity index is 1.86. The molecule has 0 spiro atoms. The first-order valence-corrected chi connectivity index (χ1v) is 9.69. The van der Waals surface area contributed by atoms with Gasteiger partial charge in [0.15, 0.2) is 0 Å². The van der Waals surface area contributed by atoms with Crippen LogP contribution in [-0.2, 0) is 16.4 Å². The fraction of sp³-hybridized carbons (Fsp3) is 0.714. The van der Waals surface area contributed by atoms with Gasteiger partial charge in [-0.2, -0.15) is 4.31 Å². The number of hydrogen-bond acceptors (Lipinski definition) is 4. The molecule has 20 heavy (non-hydrogen) atoms. The smallest absolute Gasteiger partial charge is 0.252 e. The molecule has 112 valence electrons. The molecule has 0 bridgehead atoms. The van der Waals surface area contributed by atoms with Gasteiger partial charge in [0.25, 0.3) is 10.0 Å². The first kappa shape index (κ1) is 14.5. The Labute approximate surface area is 125 Å². The van der Waals surface area contributed by atoms with Crippen molar-refractivity contribution in [2.75, 3.05) is 13.1 Å². The second kappa shape index (κ2) is 5.75. The van der Waals surface area contributed by atoms with Crippen molar-refractivity contribution in [3.05, 3.63) is 17.0 Å². The van der Waals surface area contributed by atoms with E-state index in [1.165, 1.54) is 30.6 Å². The van der Waals surface area contributed by atoms with Crippen LogP contribution in [-0.4, -0.2) is 31.9 Å². The van der Waals surface area contributed by atoms with Crippen molar-refractivity contribution in [2.24, 2.45) is 11.7 Å². The number of piperidine rings is 1. The molecule has 0 radical (unpaired) electrons. The highest BCUT2D eigenvalue weighted by molar-refractivity contribution is 7.91. The summed E-state index contributed by atoms with van der Waals surface area (Å²) in [6.45, 7) is 1.25. The van der Waals surface area contributed by atoms with Crippen molar-refractivity contribution >= 4 is 21.4 Å². The van der Waals surface area contributed by atoms with Gasteiger partial charge in [-0.25, -0.2) is 8.42 Å². The molecule has 1 aliphatic carbocycles. The number of rotatable bonds is 4. The van der Waals surface area contributed by atoms with E-state index in [2.05, 4.69) is 0 Å². The third-order valence-electron chi connectivity index (χ3n) is 4.53. The molecule has 2 fully saturated rings. The number of fused-ring (bicyclic) bond motifs is 1. The summed E-state index contributed by atoms with van der Waals surface area (Å²) < 4.78 is 28.0. The van der Waals surface area contributed by atoms with E-state index >= 15 is 0 Å². The van der Waals surface area contributed by atoms with Crippen molar-refractivity contribution in [1.29, 1.82) is 0 Å². The summed E-state index contributed by atoms with van der Waals surface area (Å²) in [6, 6.07) is 3.90. The molecule has 0 aromatic carbocycles. The largest absolute Gasteiger partial charge is 0.330 e. The van der Waals surface area contributed by atoms with Gasteiger partial charge in [0.05, 0.1) is 0 Å². The maximum atomic E-state index is 12.9. The number of nitrogens with two attached hydrogens (primary N) is 1. The average Bonchev–Trinajstić information content (AvgIpc) is 3.06. The van der Waals surface area contributed by atoms with Gasteiger partial charge in [-0.3, -0.25) is 0 Å². The third kappa shape index (κ3) is 2.54. The van der Waals surface area contributed by atoms with Gasteiger partial charge >= 0.3 is 0 Å². The van der Waals surface area contributed by atoms with Crippen molar-refractivity contribution in [1.82, 2.24) is 4.31 Å². The molecule has 1 aromatic heterocycles. The van der Waals surface area contributed by atoms with E-state index in [0.717, 1.165) is 24.1 Å². The standard InChI is InChI=1S/C14H22N2O2S2/c15-9-8-12-6-7-14(19-12)20(17,18)16-10-2-4-11-3-1-5-13(11)16/h6-7,11,13H,1-5,8-10,15H2. The van der Waals surface area contributed by atoms with E-state index in [0.29, 0.717) is 23.2 Å². The van der Waals surface area contributed by atoms with Gasteiger partial charge in [0.2, 0.25) is 0 Å². The Bertz CT molecular complexity index is 567. The Morgan fingerprint density at radius 1 is 1.25 bits per heavy atom. The molecule has 2 aliphatic rings. The fourth-order valence-corrected chi connectivity index (χ4v) is 6.85. The van der Waals surface area contributed by atoms with E-state index in [-0.39, 0.29) is 6.04 Å². The van der Waals surface area contributed by atoms with Crippen LogP contribution in [0.2, 0.25) is 0 Å². The van der Waals surface area contributed by atoms with Crippen molar-refractivity contribution in [2.45, 2.75) is 48.8 Å². The molecule has 2 unspecified atom stereocenters. The van der Waals surface area contributed by atoms with Crippen molar-refractivity contribution < 1.29 is 8.42 Å². The monoisotopic (exact) mass is 314 g/mol. The van der Waals surface area contributed by atoms with Gasteiger partial charge in [0.1, 0.15) is 4.21 Å². The minimum atomic E-state index is -3.30. The van der Waals surface area contributed by atoms with Gasteiger partial charge in [-0.05, 0) is 56.7 Å². The summed E-state index contributed by atoms with van der Waals surface area (Å²) in [5, 5.41) is 0. The summed E-state index contributed by atoms with van der Waals surface area (Å²) in [4.78, 5) is 1.06. The van der Waals surface area contributed by atoms with Gasteiger partial charge in [0, 0.05) is 17.5 Å². The van der Waals surface area contributed by atoms with Crippen molar-refractivity contribution in [3.63, 3.8) is 0 Å². The molecule has 2 N–H and O–H groups in total. The lowest BCUT2D eigenvalue weighted by Crippen LogP contribution is -2.45. The molecule has 1 aliphatic heterocycles. The Kier molecular flexibility index (Phi) is 4.17. The van der Waals surface area contributed by atoms with Crippen LogP contribution in [0.3, 0.4) is 0 Å². The van der Waals surface area contributed by atoms with E-state index in [4.69, 9.17) is 5.73 Å². The molecule has 1 saturated carbocycles. The Morgan fingerprint density at radius 3 is 2.85 bits per heavy atom. The summed E-state index contributed by atoms with van der Waals surface area (Å²) >= 11 is 1.38. The molecule has 2 heterocycles. The van der Waals surface area contributed by atoms with Crippen LogP contribution < -0.4 is 5.73 Å². The highest BCUT2D eigenvalue weighted by atomic mass is 32.2. The molecule has 2 atom stereocenters. The number of nitrogens with zero attached hydrogens (tertiary/aromatic N) is 1. The number of thiophene rings is 1. The van der Waals surface area contributed by atoms with Crippen molar-refractivity contribution in [3.8, 4) is 0 Å². The van der Waals surface area contributed by atoms with Crippen LogP contribution >= 0.6 is 11.3 Å². The van der Waals surface area contributed by atoms with Crippen LogP contribution in [0.25, 0.3) is 0 Å². The van der Waals surface area contributed by atoms with E-state index in [9.17, 15) is 8.42 Å². The summed E-state index contributed by atoms with van der Waals surface area (Å²) in [6.07, 6.45) is 6.35. The second-order valence-electron chi connectivity index (χ2n) is 5.78. The van der Waals surface area contributed by atoms with E-state index < -0.39 is 10.0 Å².